The summed E-state index contributed by atoms with van der Waals surface area (Å²) in [5, 5.41) is 0.553. The van der Waals surface area contributed by atoms with E-state index in [1.165, 1.54) is 6.92 Å². The molecule has 0 amide bonds. The van der Waals surface area contributed by atoms with Gasteiger partial charge in [0, 0.05) is 10.0 Å². The van der Waals surface area contributed by atoms with E-state index < -0.39 is 0 Å². The van der Waals surface area contributed by atoms with E-state index in [1.807, 2.05) is 19.1 Å². The molecule has 0 aromatic heterocycles. The van der Waals surface area contributed by atoms with Crippen molar-refractivity contribution in [2.45, 2.75) is 13.8 Å². The number of Topliss-reactive ketones (excluding diaryl/α,β-unsaturated/α-hetero) is 1. The Morgan fingerprint density at radius 1 is 1.21 bits per heavy atom. The number of carbonyl (C=O) groups is 1. The maximum absolute atomic E-state index is 11.3. The number of ether oxygens (including phenoxy) is 1. The number of benzene rings is 2. The predicted octanol–water partition coefficient (Wildman–Crippen LogP) is 5.41. The minimum absolute atomic E-state index is 0.00649. The largest absolute Gasteiger partial charge is 0.456 e. The van der Waals surface area contributed by atoms with Gasteiger partial charge in [-0.1, -0.05) is 17.7 Å². The first kappa shape index (κ1) is 14.1. The number of aryl methyl sites for hydroxylation is 1. The van der Waals surface area contributed by atoms with Gasteiger partial charge < -0.3 is 4.74 Å². The Morgan fingerprint density at radius 2 is 1.95 bits per heavy atom. The minimum atomic E-state index is 0.00649. The normalized spacial score (nSPS) is 10.3. The van der Waals surface area contributed by atoms with E-state index in [4.69, 9.17) is 16.3 Å². The molecule has 2 aromatic carbocycles. The number of carbonyl (C=O) groups excluding carboxylic acids is 1. The van der Waals surface area contributed by atoms with Gasteiger partial charge in [-0.05, 0) is 65.7 Å². The van der Waals surface area contributed by atoms with E-state index in [0.29, 0.717) is 26.6 Å². The zero-order chi connectivity index (χ0) is 14.0. The number of hydrogen-bond acceptors (Lipinski definition) is 2. The molecule has 0 fully saturated rings. The molecule has 0 aliphatic heterocycles. The van der Waals surface area contributed by atoms with Gasteiger partial charge in [-0.25, -0.2) is 0 Å². The van der Waals surface area contributed by atoms with Gasteiger partial charge in [0.1, 0.15) is 11.5 Å². The summed E-state index contributed by atoms with van der Waals surface area (Å²) in [6.45, 7) is 3.50. The number of rotatable bonds is 3. The van der Waals surface area contributed by atoms with Gasteiger partial charge in [0.05, 0.1) is 5.02 Å². The van der Waals surface area contributed by atoms with E-state index in [0.717, 1.165) is 5.56 Å². The third kappa shape index (κ3) is 3.37. The lowest BCUT2D eigenvalue weighted by atomic mass is 10.1. The van der Waals surface area contributed by atoms with Crippen LogP contribution >= 0.6 is 27.5 Å². The Labute approximate surface area is 125 Å². The van der Waals surface area contributed by atoms with Gasteiger partial charge in [0.2, 0.25) is 0 Å². The van der Waals surface area contributed by atoms with Crippen LogP contribution in [0.2, 0.25) is 5.02 Å². The first-order valence-corrected chi connectivity index (χ1v) is 6.89. The van der Waals surface area contributed by atoms with Gasteiger partial charge in [-0.2, -0.15) is 0 Å². The summed E-state index contributed by atoms with van der Waals surface area (Å²) in [4.78, 5) is 11.3. The molecule has 98 valence electrons. The van der Waals surface area contributed by atoms with Gasteiger partial charge in [0.15, 0.2) is 5.78 Å². The topological polar surface area (TPSA) is 26.3 Å². The molecule has 4 heteroatoms. The second kappa shape index (κ2) is 5.76. The number of halogens is 2. The second-order valence-electron chi connectivity index (χ2n) is 4.23. The van der Waals surface area contributed by atoms with Crippen LogP contribution in [-0.2, 0) is 0 Å². The van der Waals surface area contributed by atoms with Crippen LogP contribution in [0.4, 0.5) is 0 Å². The Bertz CT molecular complexity index is 638. The van der Waals surface area contributed by atoms with Crippen molar-refractivity contribution in [2.75, 3.05) is 0 Å². The zero-order valence-corrected chi connectivity index (χ0v) is 12.9. The molecule has 0 saturated heterocycles. The number of ketones is 1. The zero-order valence-electron chi connectivity index (χ0n) is 10.5. The number of hydrogen-bond donors (Lipinski definition) is 0. The molecule has 0 spiro atoms. The summed E-state index contributed by atoms with van der Waals surface area (Å²) in [5.74, 6) is 1.24. The molecule has 0 aliphatic rings. The van der Waals surface area contributed by atoms with Gasteiger partial charge >= 0.3 is 0 Å². The van der Waals surface area contributed by atoms with Crippen molar-refractivity contribution in [3.8, 4) is 11.5 Å². The maximum Gasteiger partial charge on any atom is 0.160 e. The SMILES string of the molecule is CC(=O)c1ccc(Oc2cc(C)ccc2Cl)cc1Br. The maximum atomic E-state index is 11.3. The quantitative estimate of drug-likeness (QED) is 0.699. The lowest BCUT2D eigenvalue weighted by Crippen LogP contribution is -1.94. The van der Waals surface area contributed by atoms with Gasteiger partial charge in [-0.15, -0.1) is 0 Å². The molecular weight excluding hydrogens is 328 g/mol. The van der Waals surface area contributed by atoms with Gasteiger partial charge in [-0.3, -0.25) is 4.79 Å². The lowest BCUT2D eigenvalue weighted by Gasteiger charge is -2.10. The summed E-state index contributed by atoms with van der Waals surface area (Å²) >= 11 is 9.44. The summed E-state index contributed by atoms with van der Waals surface area (Å²) in [6, 6.07) is 10.8. The highest BCUT2D eigenvalue weighted by Crippen LogP contribution is 2.32. The van der Waals surface area contributed by atoms with Crippen molar-refractivity contribution >= 4 is 33.3 Å². The van der Waals surface area contributed by atoms with E-state index in [2.05, 4.69) is 15.9 Å². The molecule has 19 heavy (non-hydrogen) atoms. The summed E-state index contributed by atoms with van der Waals surface area (Å²) < 4.78 is 6.44. The summed E-state index contributed by atoms with van der Waals surface area (Å²) in [6.07, 6.45) is 0. The monoisotopic (exact) mass is 338 g/mol. The average Bonchev–Trinajstić information content (AvgIpc) is 2.33. The van der Waals surface area contributed by atoms with Crippen LogP contribution in [0.5, 0.6) is 11.5 Å². The standard InChI is InChI=1S/C15H12BrClO2/c1-9-3-6-14(17)15(7-9)19-11-4-5-12(10(2)18)13(16)8-11/h3-8H,1-2H3. The molecule has 0 saturated carbocycles. The highest BCUT2D eigenvalue weighted by atomic mass is 79.9. The fourth-order valence-corrected chi connectivity index (χ4v) is 2.45. The van der Waals surface area contributed by atoms with Crippen LogP contribution in [0.3, 0.4) is 0 Å². The van der Waals surface area contributed by atoms with Gasteiger partial charge in [0.25, 0.3) is 0 Å². The van der Waals surface area contributed by atoms with Crippen molar-refractivity contribution in [3.05, 3.63) is 57.0 Å². The first-order valence-electron chi connectivity index (χ1n) is 5.72. The third-order valence-corrected chi connectivity index (χ3v) is 3.60. The van der Waals surface area contributed by atoms with Crippen LogP contribution in [0.1, 0.15) is 22.8 Å². The van der Waals surface area contributed by atoms with E-state index >= 15 is 0 Å². The highest BCUT2D eigenvalue weighted by Gasteiger charge is 2.08. The Kier molecular flexibility index (Phi) is 4.27. The molecule has 0 heterocycles. The van der Waals surface area contributed by atoms with Crippen molar-refractivity contribution in [1.82, 2.24) is 0 Å². The molecule has 0 radical (unpaired) electrons. The molecule has 0 unspecified atom stereocenters. The van der Waals surface area contributed by atoms with Crippen molar-refractivity contribution in [3.63, 3.8) is 0 Å². The highest BCUT2D eigenvalue weighted by molar-refractivity contribution is 9.10. The second-order valence-corrected chi connectivity index (χ2v) is 5.50. The first-order chi connectivity index (χ1) is 8.97. The summed E-state index contributed by atoms with van der Waals surface area (Å²) in [7, 11) is 0. The van der Waals surface area contributed by atoms with Crippen molar-refractivity contribution in [1.29, 1.82) is 0 Å². The molecule has 2 aromatic rings. The minimum Gasteiger partial charge on any atom is -0.456 e. The van der Waals surface area contributed by atoms with E-state index in [-0.39, 0.29) is 5.78 Å². The summed E-state index contributed by atoms with van der Waals surface area (Å²) in [5.41, 5.74) is 1.70. The van der Waals surface area contributed by atoms with Crippen molar-refractivity contribution in [2.24, 2.45) is 0 Å². The van der Waals surface area contributed by atoms with E-state index in [1.54, 1.807) is 24.3 Å². The van der Waals surface area contributed by atoms with Crippen LogP contribution in [0.25, 0.3) is 0 Å². The third-order valence-electron chi connectivity index (χ3n) is 2.63. The van der Waals surface area contributed by atoms with Crippen LogP contribution in [0, 0.1) is 6.92 Å². The lowest BCUT2D eigenvalue weighted by molar-refractivity contribution is 0.101. The fraction of sp³-hybridized carbons (Fsp3) is 0.133. The smallest absolute Gasteiger partial charge is 0.160 e. The molecule has 0 N–H and O–H groups in total. The average molecular weight is 340 g/mol. The van der Waals surface area contributed by atoms with Crippen molar-refractivity contribution < 1.29 is 9.53 Å². The Balaban J connectivity index is 2.31. The van der Waals surface area contributed by atoms with Crippen LogP contribution in [0.15, 0.2) is 40.9 Å². The van der Waals surface area contributed by atoms with Crippen LogP contribution < -0.4 is 4.74 Å². The predicted molar refractivity (Wildman–Crippen MR) is 80.4 cm³/mol. The fourth-order valence-electron chi connectivity index (χ4n) is 1.66. The molecule has 0 bridgehead atoms. The molecule has 2 nitrogen and oxygen atoms in total. The Morgan fingerprint density at radius 3 is 2.58 bits per heavy atom. The van der Waals surface area contributed by atoms with Crippen LogP contribution in [-0.4, -0.2) is 5.78 Å². The van der Waals surface area contributed by atoms with E-state index in [9.17, 15) is 4.79 Å². The Hall–Kier alpha value is -1.32. The molecule has 2 rings (SSSR count). The molecule has 0 atom stereocenters. The molecule has 0 aliphatic carbocycles. The molecular formula is C15H12BrClO2.